The minimum absolute atomic E-state index is 0.0373. The topological polar surface area (TPSA) is 45.2 Å². The summed E-state index contributed by atoms with van der Waals surface area (Å²) in [6.07, 6.45) is 1.79. The molecule has 0 saturated heterocycles. The summed E-state index contributed by atoms with van der Waals surface area (Å²) in [5.74, 6) is 0.0373. The predicted molar refractivity (Wildman–Crippen MR) is 81.5 cm³/mol. The Bertz CT molecular complexity index is 622. The van der Waals surface area contributed by atoms with Gasteiger partial charge in [-0.1, -0.05) is 12.1 Å². The van der Waals surface area contributed by atoms with E-state index in [2.05, 4.69) is 17.2 Å². The van der Waals surface area contributed by atoms with Crippen molar-refractivity contribution < 1.29 is 4.79 Å². The van der Waals surface area contributed by atoms with E-state index in [1.807, 2.05) is 50.2 Å². The third-order valence-electron chi connectivity index (χ3n) is 3.72. The van der Waals surface area contributed by atoms with Crippen LogP contribution in [0.15, 0.2) is 30.5 Å². The lowest BCUT2D eigenvalue weighted by atomic mass is 10.0. The van der Waals surface area contributed by atoms with Gasteiger partial charge in [0.1, 0.15) is 0 Å². The maximum Gasteiger partial charge on any atom is 0.237 e. The number of benzene rings is 1. The Morgan fingerprint density at radius 1 is 1.35 bits per heavy atom. The first-order valence-electron chi connectivity index (χ1n) is 6.78. The van der Waals surface area contributed by atoms with Gasteiger partial charge in [-0.15, -0.1) is 0 Å². The van der Waals surface area contributed by atoms with Crippen LogP contribution in [0.4, 0.5) is 0 Å². The lowest BCUT2D eigenvalue weighted by Crippen LogP contribution is -2.41. The number of rotatable bonds is 4. The second-order valence-electron chi connectivity index (χ2n) is 5.29. The van der Waals surface area contributed by atoms with Crippen LogP contribution in [0.5, 0.6) is 0 Å². The molecule has 1 N–H and O–H groups in total. The number of nitrogens with zero attached hydrogens (tertiary/aromatic N) is 2. The lowest BCUT2D eigenvalue weighted by molar-refractivity contribution is -0.125. The van der Waals surface area contributed by atoms with E-state index >= 15 is 0 Å². The van der Waals surface area contributed by atoms with Crippen molar-refractivity contribution in [3.8, 4) is 0 Å². The average Bonchev–Trinajstić information content (AvgIpc) is 2.45. The molecule has 4 heteroatoms. The van der Waals surface area contributed by atoms with Crippen molar-refractivity contribution in [1.82, 2.24) is 15.2 Å². The van der Waals surface area contributed by atoms with Crippen LogP contribution in [0.3, 0.4) is 0 Å². The Labute approximate surface area is 119 Å². The van der Waals surface area contributed by atoms with Gasteiger partial charge in [0, 0.05) is 18.1 Å². The second kappa shape index (κ2) is 6.01. The monoisotopic (exact) mass is 271 g/mol. The van der Waals surface area contributed by atoms with Gasteiger partial charge in [0.15, 0.2) is 0 Å². The standard InChI is InChI=1S/C16H21N3O/c1-11-7-8-15-13(6-5-9-17-15)14(11)10-18-16(20)12(2)19(3)4/h5-9,12H,10H2,1-4H3,(H,18,20). The van der Waals surface area contributed by atoms with Crippen LogP contribution in [0.2, 0.25) is 0 Å². The van der Waals surface area contributed by atoms with Crippen LogP contribution in [0, 0.1) is 6.92 Å². The number of nitrogens with one attached hydrogen (secondary N) is 1. The fraction of sp³-hybridized carbons (Fsp3) is 0.375. The van der Waals surface area contributed by atoms with Gasteiger partial charge >= 0.3 is 0 Å². The average molecular weight is 271 g/mol. The molecule has 1 aromatic heterocycles. The van der Waals surface area contributed by atoms with E-state index in [4.69, 9.17) is 0 Å². The normalized spacial score (nSPS) is 12.7. The van der Waals surface area contributed by atoms with Gasteiger partial charge in [-0.05, 0) is 51.2 Å². The number of fused-ring (bicyclic) bond motifs is 1. The van der Waals surface area contributed by atoms with Crippen LogP contribution in [-0.4, -0.2) is 35.9 Å². The number of hydrogen-bond acceptors (Lipinski definition) is 3. The number of carbonyl (C=O) groups is 1. The molecule has 0 radical (unpaired) electrons. The molecular weight excluding hydrogens is 250 g/mol. The molecule has 1 amide bonds. The summed E-state index contributed by atoms with van der Waals surface area (Å²) < 4.78 is 0. The number of hydrogen-bond donors (Lipinski definition) is 1. The highest BCUT2D eigenvalue weighted by atomic mass is 16.2. The Morgan fingerprint density at radius 3 is 2.80 bits per heavy atom. The number of amides is 1. The smallest absolute Gasteiger partial charge is 0.237 e. The van der Waals surface area contributed by atoms with Gasteiger partial charge in [-0.3, -0.25) is 14.7 Å². The highest BCUT2D eigenvalue weighted by Crippen LogP contribution is 2.20. The highest BCUT2D eigenvalue weighted by molar-refractivity contribution is 5.85. The molecule has 0 aliphatic rings. The van der Waals surface area contributed by atoms with Crippen molar-refractivity contribution in [2.45, 2.75) is 26.4 Å². The molecule has 1 aromatic carbocycles. The third-order valence-corrected chi connectivity index (χ3v) is 3.72. The summed E-state index contributed by atoms with van der Waals surface area (Å²) in [6, 6.07) is 7.90. The largest absolute Gasteiger partial charge is 0.351 e. The van der Waals surface area contributed by atoms with Crippen molar-refractivity contribution in [2.75, 3.05) is 14.1 Å². The van der Waals surface area contributed by atoms with Crippen molar-refractivity contribution in [3.63, 3.8) is 0 Å². The number of aromatic nitrogens is 1. The fourth-order valence-corrected chi connectivity index (χ4v) is 2.11. The van der Waals surface area contributed by atoms with Gasteiger partial charge in [-0.25, -0.2) is 0 Å². The summed E-state index contributed by atoms with van der Waals surface area (Å²) in [4.78, 5) is 18.3. The third kappa shape index (κ3) is 2.96. The minimum atomic E-state index is -0.136. The fourth-order valence-electron chi connectivity index (χ4n) is 2.11. The molecular formula is C16H21N3O. The van der Waals surface area contributed by atoms with Crippen LogP contribution in [0.25, 0.3) is 10.9 Å². The summed E-state index contributed by atoms with van der Waals surface area (Å²) in [5, 5.41) is 4.11. The zero-order chi connectivity index (χ0) is 14.7. The zero-order valence-electron chi connectivity index (χ0n) is 12.5. The number of carbonyl (C=O) groups excluding carboxylic acids is 1. The van der Waals surface area contributed by atoms with Crippen molar-refractivity contribution in [3.05, 3.63) is 41.6 Å². The van der Waals surface area contributed by atoms with Crippen LogP contribution in [-0.2, 0) is 11.3 Å². The first-order chi connectivity index (χ1) is 9.50. The Morgan fingerprint density at radius 2 is 2.10 bits per heavy atom. The van der Waals surface area contributed by atoms with Gasteiger partial charge in [0.05, 0.1) is 11.6 Å². The summed E-state index contributed by atoms with van der Waals surface area (Å²) in [6.45, 7) is 4.49. The zero-order valence-corrected chi connectivity index (χ0v) is 12.5. The maximum absolute atomic E-state index is 12.0. The van der Waals surface area contributed by atoms with E-state index in [9.17, 15) is 4.79 Å². The van der Waals surface area contributed by atoms with Crippen molar-refractivity contribution >= 4 is 16.8 Å². The Balaban J connectivity index is 2.22. The van der Waals surface area contributed by atoms with E-state index < -0.39 is 0 Å². The molecule has 0 fully saturated rings. The number of likely N-dealkylation sites (N-methyl/N-ethyl adjacent to an activating group) is 1. The van der Waals surface area contributed by atoms with E-state index in [0.29, 0.717) is 6.54 Å². The molecule has 0 saturated carbocycles. The predicted octanol–water partition coefficient (Wildman–Crippen LogP) is 2.11. The molecule has 20 heavy (non-hydrogen) atoms. The molecule has 0 spiro atoms. The molecule has 1 atom stereocenters. The van der Waals surface area contributed by atoms with Gasteiger partial charge in [0.25, 0.3) is 0 Å². The molecule has 106 valence electrons. The van der Waals surface area contributed by atoms with E-state index in [1.165, 1.54) is 5.56 Å². The lowest BCUT2D eigenvalue weighted by Gasteiger charge is -2.19. The van der Waals surface area contributed by atoms with Crippen LogP contribution < -0.4 is 5.32 Å². The quantitative estimate of drug-likeness (QED) is 0.926. The minimum Gasteiger partial charge on any atom is -0.351 e. The second-order valence-corrected chi connectivity index (χ2v) is 5.29. The first kappa shape index (κ1) is 14.5. The van der Waals surface area contributed by atoms with Crippen molar-refractivity contribution in [2.24, 2.45) is 0 Å². The van der Waals surface area contributed by atoms with Gasteiger partial charge in [-0.2, -0.15) is 0 Å². The summed E-state index contributed by atoms with van der Waals surface area (Å²) in [5.41, 5.74) is 3.27. The van der Waals surface area contributed by atoms with E-state index in [-0.39, 0.29) is 11.9 Å². The molecule has 4 nitrogen and oxygen atoms in total. The number of aryl methyl sites for hydroxylation is 1. The maximum atomic E-state index is 12.0. The molecule has 1 heterocycles. The van der Waals surface area contributed by atoms with Crippen molar-refractivity contribution in [1.29, 1.82) is 0 Å². The molecule has 1 unspecified atom stereocenters. The van der Waals surface area contributed by atoms with Gasteiger partial charge in [0.2, 0.25) is 5.91 Å². The number of pyridine rings is 1. The SMILES string of the molecule is Cc1ccc2ncccc2c1CNC(=O)C(C)N(C)C. The molecule has 0 bridgehead atoms. The van der Waals surface area contributed by atoms with E-state index in [1.54, 1.807) is 6.20 Å². The molecule has 0 aliphatic carbocycles. The van der Waals surface area contributed by atoms with Crippen LogP contribution in [0.1, 0.15) is 18.1 Å². The van der Waals surface area contributed by atoms with E-state index in [0.717, 1.165) is 16.5 Å². The Hall–Kier alpha value is -1.94. The highest BCUT2D eigenvalue weighted by Gasteiger charge is 2.15. The molecule has 2 rings (SSSR count). The van der Waals surface area contributed by atoms with Gasteiger partial charge < -0.3 is 5.32 Å². The molecule has 0 aliphatic heterocycles. The van der Waals surface area contributed by atoms with Crippen LogP contribution >= 0.6 is 0 Å². The first-order valence-corrected chi connectivity index (χ1v) is 6.78. The Kier molecular flexibility index (Phi) is 4.35. The summed E-state index contributed by atoms with van der Waals surface area (Å²) in [7, 11) is 3.80. The summed E-state index contributed by atoms with van der Waals surface area (Å²) >= 11 is 0. The molecule has 2 aromatic rings.